The molecule has 9 nitrogen and oxygen atoms in total. The number of alkyl halides is 4. The molecule has 0 radical (unpaired) electrons. The summed E-state index contributed by atoms with van der Waals surface area (Å²) in [6.45, 7) is 3.32. The van der Waals surface area contributed by atoms with Crippen LogP contribution in [0.25, 0.3) is 32.1 Å². The monoisotopic (exact) mass is 729 g/mol. The van der Waals surface area contributed by atoms with Crippen LogP contribution in [-0.4, -0.2) is 82.3 Å². The Morgan fingerprint density at radius 1 is 1.24 bits per heavy atom. The lowest BCUT2D eigenvalue weighted by Gasteiger charge is -2.32. The van der Waals surface area contributed by atoms with Crippen molar-refractivity contribution in [1.29, 1.82) is 5.26 Å². The van der Waals surface area contributed by atoms with E-state index in [1.807, 2.05) is 11.0 Å². The van der Waals surface area contributed by atoms with Gasteiger partial charge in [-0.05, 0) is 56.8 Å². The molecule has 0 saturated carbocycles. The summed E-state index contributed by atoms with van der Waals surface area (Å²) in [5.41, 5.74) is 1.96. The number of nitrogen functional groups attached to an aromatic ring is 1. The Morgan fingerprint density at radius 2 is 2.04 bits per heavy atom. The first-order valence-corrected chi connectivity index (χ1v) is 17.8. The Bertz CT molecular complexity index is 2140. The van der Waals surface area contributed by atoms with E-state index in [1.165, 1.54) is 0 Å². The van der Waals surface area contributed by atoms with Crippen LogP contribution in [-0.2, 0) is 11.0 Å². The molecule has 1 amide bonds. The van der Waals surface area contributed by atoms with Crippen LogP contribution in [0, 0.1) is 23.0 Å². The Balaban J connectivity index is 1.34. The van der Waals surface area contributed by atoms with Crippen LogP contribution in [0.3, 0.4) is 0 Å². The van der Waals surface area contributed by atoms with Crippen molar-refractivity contribution >= 4 is 49.1 Å². The number of ether oxygens (including phenoxy) is 1. The first-order chi connectivity index (χ1) is 24.3. The van der Waals surface area contributed by atoms with Gasteiger partial charge in [0, 0.05) is 60.9 Å². The number of nitrogens with zero attached hydrogens (tertiary/aromatic N) is 6. The van der Waals surface area contributed by atoms with E-state index in [2.05, 4.69) is 9.97 Å². The van der Waals surface area contributed by atoms with E-state index in [4.69, 9.17) is 10.5 Å². The van der Waals surface area contributed by atoms with Gasteiger partial charge in [0.05, 0.1) is 21.4 Å². The fourth-order valence-electron chi connectivity index (χ4n) is 8.83. The highest BCUT2D eigenvalue weighted by Crippen LogP contribution is 2.49. The third kappa shape index (κ3) is 5.34. The normalized spacial score (nSPS) is 24.9. The molecule has 4 aromatic rings. The lowest BCUT2D eigenvalue weighted by atomic mass is 9.92. The number of fused-ring (bicyclic) bond motifs is 4. The third-order valence-corrected chi connectivity index (χ3v) is 12.1. The smallest absolute Gasteiger partial charge is 0.417 e. The Labute approximate surface area is 292 Å². The van der Waals surface area contributed by atoms with Gasteiger partial charge in [-0.3, -0.25) is 9.69 Å². The zero-order chi connectivity index (χ0) is 36.0. The van der Waals surface area contributed by atoms with E-state index >= 15 is 17.6 Å². The molecule has 8 rings (SSSR count). The van der Waals surface area contributed by atoms with Crippen molar-refractivity contribution in [2.45, 2.75) is 75.4 Å². The summed E-state index contributed by atoms with van der Waals surface area (Å²) in [5, 5.41) is 9.27. The number of anilines is 2. The summed E-state index contributed by atoms with van der Waals surface area (Å²) in [4.78, 5) is 27.1. The predicted molar refractivity (Wildman–Crippen MR) is 179 cm³/mol. The quantitative estimate of drug-likeness (QED) is 0.207. The number of likely N-dealkylation sites (N-methyl/N-ethyl adjacent to an activating group) is 1. The first-order valence-electron chi connectivity index (χ1n) is 16.9. The molecule has 4 aliphatic rings. The second-order valence-electron chi connectivity index (χ2n) is 13.9. The molecule has 2 aromatic heterocycles. The molecule has 4 atom stereocenters. The minimum absolute atomic E-state index is 0.00406. The summed E-state index contributed by atoms with van der Waals surface area (Å²) >= 11 is 0.686. The zero-order valence-electron chi connectivity index (χ0n) is 27.5. The SMILES string of the molecule is CCN(c1nc(OC[C@@]23CCCN2C[C@H](F)C3)nc2c(F)c(-c3ccc(F)c4sc(N)c(C#N)c34)c(C(F)(F)F)cc12)[C@H]1C[C@H]2CCC(=O)N2C1. The van der Waals surface area contributed by atoms with Gasteiger partial charge in [0.2, 0.25) is 5.91 Å². The van der Waals surface area contributed by atoms with Gasteiger partial charge >= 0.3 is 12.2 Å². The zero-order valence-corrected chi connectivity index (χ0v) is 28.3. The van der Waals surface area contributed by atoms with E-state index in [0.29, 0.717) is 50.1 Å². The number of nitrogens with two attached hydrogens (primary N) is 1. The standard InChI is InChI=1S/C35H33F6N7O2S/c1-2-47(19-10-18-4-7-25(49)48(18)15-19)32-21-11-23(35(39,40)41)27(20-5-6-24(37)30-26(20)22(13-42)31(43)51-30)28(38)29(21)44-33(45-32)50-16-34-8-3-9-46(34)14-17(36)12-34/h5-6,11,17-19H,2-4,7-10,12,14-16,43H2,1H3/t17-,18-,19+,34+/m1/s1. The molecule has 4 aliphatic heterocycles. The number of hydrogen-bond donors (Lipinski definition) is 1. The molecule has 0 unspecified atom stereocenters. The number of halogens is 6. The van der Waals surface area contributed by atoms with Crippen molar-refractivity contribution in [1.82, 2.24) is 19.8 Å². The molecule has 2 N–H and O–H groups in total. The molecule has 0 spiro atoms. The lowest BCUT2D eigenvalue weighted by Crippen LogP contribution is -2.43. The van der Waals surface area contributed by atoms with Crippen molar-refractivity contribution in [2.75, 3.05) is 43.4 Å². The van der Waals surface area contributed by atoms with Crippen LogP contribution >= 0.6 is 11.3 Å². The molecule has 6 heterocycles. The summed E-state index contributed by atoms with van der Waals surface area (Å²) in [7, 11) is 0. The highest BCUT2D eigenvalue weighted by atomic mass is 32.1. The van der Waals surface area contributed by atoms with E-state index < -0.39 is 46.2 Å². The van der Waals surface area contributed by atoms with Crippen molar-refractivity contribution < 1.29 is 35.9 Å². The minimum Gasteiger partial charge on any atom is -0.461 e. The van der Waals surface area contributed by atoms with Crippen LogP contribution in [0.2, 0.25) is 0 Å². The number of carbonyl (C=O) groups is 1. The number of aromatic nitrogens is 2. The third-order valence-electron chi connectivity index (χ3n) is 11.1. The van der Waals surface area contributed by atoms with E-state index in [1.54, 1.807) is 16.7 Å². The lowest BCUT2D eigenvalue weighted by molar-refractivity contribution is -0.137. The Kier molecular flexibility index (Phi) is 8.02. The van der Waals surface area contributed by atoms with E-state index in [9.17, 15) is 18.8 Å². The van der Waals surface area contributed by atoms with Crippen LogP contribution in [0.4, 0.5) is 37.2 Å². The van der Waals surface area contributed by atoms with Gasteiger partial charge in [-0.25, -0.2) is 13.2 Å². The number of nitriles is 1. The highest BCUT2D eigenvalue weighted by molar-refractivity contribution is 7.23. The van der Waals surface area contributed by atoms with Gasteiger partial charge in [0.25, 0.3) is 0 Å². The summed E-state index contributed by atoms with van der Waals surface area (Å²) < 4.78 is 97.9. The summed E-state index contributed by atoms with van der Waals surface area (Å²) in [6.07, 6.45) is -2.77. The number of rotatable bonds is 7. The fourth-order valence-corrected chi connectivity index (χ4v) is 9.78. The maximum atomic E-state index is 17.2. The molecule has 4 saturated heterocycles. The van der Waals surface area contributed by atoms with Gasteiger partial charge in [0.15, 0.2) is 5.82 Å². The maximum Gasteiger partial charge on any atom is 0.417 e. The highest BCUT2D eigenvalue weighted by Gasteiger charge is 2.50. The van der Waals surface area contributed by atoms with Crippen molar-refractivity contribution in [3.8, 4) is 23.2 Å². The van der Waals surface area contributed by atoms with Crippen molar-refractivity contribution in [3.05, 3.63) is 41.0 Å². The van der Waals surface area contributed by atoms with E-state index in [-0.39, 0.29) is 87.5 Å². The first kappa shape index (κ1) is 33.8. The number of hydrogen-bond acceptors (Lipinski definition) is 9. The average Bonchev–Trinajstić information content (AvgIpc) is 3.89. The molecule has 51 heavy (non-hydrogen) atoms. The molecule has 0 aliphatic carbocycles. The number of carbonyl (C=O) groups excluding carboxylic acids is 1. The summed E-state index contributed by atoms with van der Waals surface area (Å²) in [5.74, 6) is -2.17. The van der Waals surface area contributed by atoms with E-state index in [0.717, 1.165) is 24.6 Å². The number of benzene rings is 2. The largest absolute Gasteiger partial charge is 0.461 e. The van der Waals surface area contributed by atoms with Gasteiger partial charge in [0.1, 0.15) is 41.0 Å². The Morgan fingerprint density at radius 3 is 2.76 bits per heavy atom. The number of amides is 1. The fraction of sp³-hybridized carbons (Fsp3) is 0.486. The molecule has 2 aromatic carbocycles. The average molecular weight is 730 g/mol. The molecule has 4 fully saturated rings. The van der Waals surface area contributed by atoms with Crippen molar-refractivity contribution in [3.63, 3.8) is 0 Å². The Hall–Kier alpha value is -4.36. The summed E-state index contributed by atoms with van der Waals surface area (Å²) in [6, 6.07) is 3.89. The molecule has 0 bridgehead atoms. The molecule has 268 valence electrons. The predicted octanol–water partition coefficient (Wildman–Crippen LogP) is 6.81. The second kappa shape index (κ2) is 12.1. The van der Waals surface area contributed by atoms with Gasteiger partial charge in [-0.15, -0.1) is 11.3 Å². The van der Waals surface area contributed by atoms with Crippen LogP contribution < -0.4 is 15.4 Å². The van der Waals surface area contributed by atoms with Gasteiger partial charge in [-0.1, -0.05) is 6.07 Å². The molecule has 16 heteroatoms. The van der Waals surface area contributed by atoms with Crippen LogP contribution in [0.15, 0.2) is 18.2 Å². The number of thiophene rings is 1. The van der Waals surface area contributed by atoms with Crippen LogP contribution in [0.1, 0.15) is 56.6 Å². The maximum absolute atomic E-state index is 17.2. The van der Waals surface area contributed by atoms with Gasteiger partial charge < -0.3 is 20.3 Å². The van der Waals surface area contributed by atoms with Crippen molar-refractivity contribution in [2.24, 2.45) is 0 Å². The molecular weight excluding hydrogens is 696 g/mol. The second-order valence-corrected chi connectivity index (χ2v) is 14.9. The topological polar surface area (TPSA) is 112 Å². The van der Waals surface area contributed by atoms with Crippen LogP contribution in [0.5, 0.6) is 6.01 Å². The molecular formula is C35H33F6N7O2S. The van der Waals surface area contributed by atoms with Gasteiger partial charge in [-0.2, -0.15) is 28.4 Å². The minimum atomic E-state index is -5.11.